The van der Waals surface area contributed by atoms with Gasteiger partial charge in [-0.3, -0.25) is 0 Å². The van der Waals surface area contributed by atoms with Crippen molar-refractivity contribution >= 4 is 10.0 Å². The fraction of sp³-hybridized carbons (Fsp3) is 1.00. The second-order valence-electron chi connectivity index (χ2n) is 4.98. The molecule has 102 valence electrons. The lowest BCUT2D eigenvalue weighted by Crippen LogP contribution is -2.42. The third kappa shape index (κ3) is 4.23. The molecule has 0 heterocycles. The highest BCUT2D eigenvalue weighted by atomic mass is 32.2. The van der Waals surface area contributed by atoms with E-state index < -0.39 is 10.0 Å². The Labute approximate surface area is 106 Å². The van der Waals surface area contributed by atoms with Gasteiger partial charge in [0.2, 0.25) is 10.0 Å². The van der Waals surface area contributed by atoms with E-state index in [2.05, 4.69) is 0 Å². The predicted octanol–water partition coefficient (Wildman–Crippen LogP) is 1.57. The molecule has 0 spiro atoms. The average molecular weight is 262 g/mol. The van der Waals surface area contributed by atoms with Gasteiger partial charge in [-0.15, -0.1) is 0 Å². The zero-order valence-corrected chi connectivity index (χ0v) is 11.9. The van der Waals surface area contributed by atoms with Crippen LogP contribution in [0, 0.1) is 5.92 Å². The third-order valence-corrected chi connectivity index (χ3v) is 5.66. The first-order valence-electron chi connectivity index (χ1n) is 6.74. The van der Waals surface area contributed by atoms with Crippen molar-refractivity contribution in [3.8, 4) is 0 Å². The van der Waals surface area contributed by atoms with Gasteiger partial charge in [-0.25, -0.2) is 12.7 Å². The van der Waals surface area contributed by atoms with Gasteiger partial charge in [-0.2, -0.15) is 0 Å². The van der Waals surface area contributed by atoms with E-state index in [9.17, 15) is 8.42 Å². The monoisotopic (exact) mass is 262 g/mol. The van der Waals surface area contributed by atoms with Crippen LogP contribution in [-0.2, 0) is 10.0 Å². The lowest BCUT2D eigenvalue weighted by atomic mass is 10.0. The Bertz CT molecular complexity index is 310. The van der Waals surface area contributed by atoms with Crippen molar-refractivity contribution in [3.05, 3.63) is 0 Å². The van der Waals surface area contributed by atoms with Crippen molar-refractivity contribution in [2.45, 2.75) is 52.0 Å². The third-order valence-electron chi connectivity index (χ3n) is 3.63. The van der Waals surface area contributed by atoms with Crippen molar-refractivity contribution in [3.63, 3.8) is 0 Å². The molecule has 0 aromatic heterocycles. The van der Waals surface area contributed by atoms with Crippen LogP contribution < -0.4 is 5.73 Å². The minimum Gasteiger partial charge on any atom is -0.326 e. The molecule has 0 saturated heterocycles. The molecule has 1 aliphatic carbocycles. The van der Waals surface area contributed by atoms with Crippen molar-refractivity contribution < 1.29 is 8.42 Å². The molecule has 0 aliphatic heterocycles. The maximum absolute atomic E-state index is 12.2. The summed E-state index contributed by atoms with van der Waals surface area (Å²) in [7, 11) is -3.16. The second-order valence-corrected chi connectivity index (χ2v) is 6.99. The van der Waals surface area contributed by atoms with Crippen LogP contribution in [0.5, 0.6) is 0 Å². The van der Waals surface area contributed by atoms with Crippen LogP contribution in [0.3, 0.4) is 0 Å². The summed E-state index contributed by atoms with van der Waals surface area (Å²) < 4.78 is 25.9. The molecule has 1 aliphatic rings. The molecular weight excluding hydrogens is 236 g/mol. The van der Waals surface area contributed by atoms with E-state index in [0.29, 0.717) is 19.0 Å². The SMILES string of the molecule is CCCN(CC)S(=O)(=O)CC(N)C1CCCC1. The smallest absolute Gasteiger partial charge is 0.215 e. The van der Waals surface area contributed by atoms with E-state index in [1.807, 2.05) is 13.8 Å². The Morgan fingerprint density at radius 3 is 2.35 bits per heavy atom. The maximum atomic E-state index is 12.2. The van der Waals surface area contributed by atoms with Gasteiger partial charge in [0.15, 0.2) is 0 Å². The minimum atomic E-state index is -3.16. The van der Waals surface area contributed by atoms with E-state index in [4.69, 9.17) is 5.73 Å². The molecule has 0 amide bonds. The largest absolute Gasteiger partial charge is 0.326 e. The van der Waals surface area contributed by atoms with Crippen molar-refractivity contribution in [2.75, 3.05) is 18.8 Å². The molecule has 0 aromatic carbocycles. The van der Waals surface area contributed by atoms with E-state index in [-0.39, 0.29) is 11.8 Å². The molecule has 1 atom stereocenters. The Kier molecular flexibility index (Phi) is 5.89. The lowest BCUT2D eigenvalue weighted by Gasteiger charge is -2.24. The Hall–Kier alpha value is -0.130. The van der Waals surface area contributed by atoms with Crippen molar-refractivity contribution in [1.29, 1.82) is 0 Å². The first-order valence-corrected chi connectivity index (χ1v) is 8.35. The minimum absolute atomic E-state index is 0.117. The summed E-state index contributed by atoms with van der Waals surface area (Å²) in [6.45, 7) is 5.03. The van der Waals surface area contributed by atoms with Gasteiger partial charge in [-0.1, -0.05) is 26.7 Å². The van der Waals surface area contributed by atoms with Gasteiger partial charge in [-0.05, 0) is 25.2 Å². The van der Waals surface area contributed by atoms with E-state index in [1.54, 1.807) is 4.31 Å². The molecule has 0 radical (unpaired) electrons. The Morgan fingerprint density at radius 1 is 1.29 bits per heavy atom. The van der Waals surface area contributed by atoms with Crippen LogP contribution in [0.4, 0.5) is 0 Å². The molecule has 2 N–H and O–H groups in total. The molecule has 4 nitrogen and oxygen atoms in total. The molecule has 1 rings (SSSR count). The van der Waals surface area contributed by atoms with Gasteiger partial charge < -0.3 is 5.73 Å². The van der Waals surface area contributed by atoms with Gasteiger partial charge in [0.1, 0.15) is 0 Å². The zero-order chi connectivity index (χ0) is 12.9. The van der Waals surface area contributed by atoms with E-state index in [1.165, 1.54) is 12.8 Å². The van der Waals surface area contributed by atoms with Crippen LogP contribution in [0.2, 0.25) is 0 Å². The summed E-state index contributed by atoms with van der Waals surface area (Å²) in [4.78, 5) is 0. The molecule has 0 aromatic rings. The summed E-state index contributed by atoms with van der Waals surface area (Å²) in [5, 5.41) is 0. The van der Waals surface area contributed by atoms with E-state index in [0.717, 1.165) is 19.3 Å². The summed E-state index contributed by atoms with van der Waals surface area (Å²) >= 11 is 0. The van der Waals surface area contributed by atoms with Crippen molar-refractivity contribution in [2.24, 2.45) is 11.7 Å². The van der Waals surface area contributed by atoms with Gasteiger partial charge in [0, 0.05) is 19.1 Å². The Morgan fingerprint density at radius 2 is 1.88 bits per heavy atom. The molecule has 0 bridgehead atoms. The highest BCUT2D eigenvalue weighted by Gasteiger charge is 2.29. The number of nitrogens with zero attached hydrogens (tertiary/aromatic N) is 1. The van der Waals surface area contributed by atoms with Gasteiger partial charge >= 0.3 is 0 Å². The number of hydrogen-bond donors (Lipinski definition) is 1. The molecule has 1 unspecified atom stereocenters. The number of rotatable bonds is 7. The first-order chi connectivity index (χ1) is 8.01. The number of nitrogens with two attached hydrogens (primary N) is 1. The summed E-state index contributed by atoms with van der Waals surface area (Å²) in [5.41, 5.74) is 6.05. The Balaban J connectivity index is 2.57. The molecule has 5 heteroatoms. The van der Waals surface area contributed by atoms with Gasteiger partial charge in [0.25, 0.3) is 0 Å². The standard InChI is InChI=1S/C12H26N2O2S/c1-3-9-14(4-2)17(15,16)10-12(13)11-7-5-6-8-11/h11-12H,3-10,13H2,1-2H3. The van der Waals surface area contributed by atoms with Crippen LogP contribution >= 0.6 is 0 Å². The van der Waals surface area contributed by atoms with Crippen LogP contribution in [0.1, 0.15) is 46.0 Å². The molecule has 1 fully saturated rings. The molecular formula is C12H26N2O2S. The average Bonchev–Trinajstić information content (AvgIpc) is 2.78. The van der Waals surface area contributed by atoms with Crippen LogP contribution in [0.25, 0.3) is 0 Å². The fourth-order valence-corrected chi connectivity index (χ4v) is 4.44. The highest BCUT2D eigenvalue weighted by molar-refractivity contribution is 7.89. The molecule has 17 heavy (non-hydrogen) atoms. The molecule has 1 saturated carbocycles. The zero-order valence-electron chi connectivity index (χ0n) is 11.1. The summed E-state index contributed by atoms with van der Waals surface area (Å²) in [6, 6.07) is -0.187. The number of sulfonamides is 1. The summed E-state index contributed by atoms with van der Waals surface area (Å²) in [5.74, 6) is 0.524. The first kappa shape index (κ1) is 14.9. The highest BCUT2D eigenvalue weighted by Crippen LogP contribution is 2.27. The maximum Gasteiger partial charge on any atom is 0.215 e. The quantitative estimate of drug-likeness (QED) is 0.757. The fourth-order valence-electron chi connectivity index (χ4n) is 2.61. The van der Waals surface area contributed by atoms with Gasteiger partial charge in [0.05, 0.1) is 5.75 Å². The van der Waals surface area contributed by atoms with Crippen molar-refractivity contribution in [1.82, 2.24) is 4.31 Å². The lowest BCUT2D eigenvalue weighted by molar-refractivity contribution is 0.407. The second kappa shape index (κ2) is 6.71. The van der Waals surface area contributed by atoms with Crippen LogP contribution in [0.15, 0.2) is 0 Å². The normalized spacial score (nSPS) is 20.0. The summed E-state index contributed by atoms with van der Waals surface area (Å²) in [6.07, 6.45) is 5.44. The number of hydrogen-bond acceptors (Lipinski definition) is 3. The predicted molar refractivity (Wildman–Crippen MR) is 71.3 cm³/mol. The van der Waals surface area contributed by atoms with Crippen LogP contribution in [-0.4, -0.2) is 37.6 Å². The van der Waals surface area contributed by atoms with E-state index >= 15 is 0 Å². The topological polar surface area (TPSA) is 63.4 Å².